The van der Waals surface area contributed by atoms with E-state index in [9.17, 15) is 9.90 Å². The van der Waals surface area contributed by atoms with Gasteiger partial charge in [-0.05, 0) is 24.1 Å². The van der Waals surface area contributed by atoms with Crippen molar-refractivity contribution in [3.8, 4) is 0 Å². The van der Waals surface area contributed by atoms with Gasteiger partial charge in [-0.3, -0.25) is 4.79 Å². The van der Waals surface area contributed by atoms with Crippen molar-refractivity contribution in [1.29, 1.82) is 0 Å². The van der Waals surface area contributed by atoms with E-state index in [2.05, 4.69) is 10.6 Å². The third-order valence-electron chi connectivity index (χ3n) is 2.89. The molecule has 1 fully saturated rings. The van der Waals surface area contributed by atoms with Crippen LogP contribution >= 0.6 is 23.2 Å². The molecule has 4 nitrogen and oxygen atoms in total. The van der Waals surface area contributed by atoms with Gasteiger partial charge in [0.15, 0.2) is 0 Å². The Kier molecular flexibility index (Phi) is 4.45. The molecular weight excluding hydrogens is 275 g/mol. The van der Waals surface area contributed by atoms with Crippen molar-refractivity contribution in [3.05, 3.63) is 33.8 Å². The van der Waals surface area contributed by atoms with Gasteiger partial charge in [-0.15, -0.1) is 0 Å². The molecule has 0 saturated carbocycles. The predicted molar refractivity (Wildman–Crippen MR) is 70.7 cm³/mol. The van der Waals surface area contributed by atoms with Crippen LogP contribution < -0.4 is 10.6 Å². The van der Waals surface area contributed by atoms with Crippen molar-refractivity contribution >= 4 is 29.1 Å². The lowest BCUT2D eigenvalue weighted by atomic mass is 10.2. The molecule has 2 rings (SSSR count). The molecule has 0 spiro atoms. The summed E-state index contributed by atoms with van der Waals surface area (Å²) in [4.78, 5) is 11.8. The Bertz CT molecular complexity index is 454. The fourth-order valence-electron chi connectivity index (χ4n) is 1.89. The average Bonchev–Trinajstić information content (AvgIpc) is 2.74. The highest BCUT2D eigenvalue weighted by Gasteiger charge is 2.27. The average molecular weight is 289 g/mol. The monoisotopic (exact) mass is 288 g/mol. The maximum atomic E-state index is 11.8. The Balaban J connectivity index is 1.89. The molecular formula is C12H14Cl2N2O2. The third-order valence-corrected chi connectivity index (χ3v) is 3.48. The second-order valence-electron chi connectivity index (χ2n) is 4.30. The summed E-state index contributed by atoms with van der Waals surface area (Å²) in [7, 11) is 0. The van der Waals surface area contributed by atoms with E-state index in [0.29, 0.717) is 29.6 Å². The summed E-state index contributed by atoms with van der Waals surface area (Å²) in [5, 5.41) is 16.2. The van der Waals surface area contributed by atoms with Gasteiger partial charge in [-0.1, -0.05) is 29.3 Å². The molecule has 1 amide bonds. The van der Waals surface area contributed by atoms with Crippen LogP contribution in [-0.2, 0) is 11.3 Å². The smallest absolute Gasteiger partial charge is 0.237 e. The highest BCUT2D eigenvalue weighted by molar-refractivity contribution is 6.35. The molecule has 0 aliphatic carbocycles. The van der Waals surface area contributed by atoms with Gasteiger partial charge in [0.2, 0.25) is 5.91 Å². The zero-order valence-corrected chi connectivity index (χ0v) is 11.1. The number of β-amino-alcohol motifs (C(OH)–C–C–N with tert-alkyl or cyclic N) is 1. The van der Waals surface area contributed by atoms with Crippen LogP contribution in [0.2, 0.25) is 10.0 Å². The van der Waals surface area contributed by atoms with Gasteiger partial charge in [-0.2, -0.15) is 0 Å². The lowest BCUT2D eigenvalue weighted by Gasteiger charge is -2.11. The summed E-state index contributed by atoms with van der Waals surface area (Å²) >= 11 is 11.8. The molecule has 0 bridgehead atoms. The zero-order valence-electron chi connectivity index (χ0n) is 9.62. The maximum absolute atomic E-state index is 11.8. The maximum Gasteiger partial charge on any atom is 0.237 e. The number of rotatable bonds is 3. The fraction of sp³-hybridized carbons (Fsp3) is 0.417. The van der Waals surface area contributed by atoms with Crippen molar-refractivity contribution < 1.29 is 9.90 Å². The van der Waals surface area contributed by atoms with Crippen LogP contribution in [0.25, 0.3) is 0 Å². The molecule has 1 aliphatic heterocycles. The standard InChI is InChI=1S/C12H14Cl2N2O2/c13-8-2-1-7(10(14)3-8)5-16-12(18)11-4-9(17)6-15-11/h1-3,9,11,15,17H,4-6H2,(H,16,18)/t9-,11-/m0/s1. The van der Waals surface area contributed by atoms with Gasteiger partial charge in [0, 0.05) is 23.1 Å². The molecule has 3 N–H and O–H groups in total. The van der Waals surface area contributed by atoms with Crippen molar-refractivity contribution in [1.82, 2.24) is 10.6 Å². The van der Waals surface area contributed by atoms with E-state index in [4.69, 9.17) is 23.2 Å². The number of carbonyl (C=O) groups is 1. The first kappa shape index (κ1) is 13.6. The lowest BCUT2D eigenvalue weighted by Crippen LogP contribution is -2.40. The van der Waals surface area contributed by atoms with Crippen molar-refractivity contribution in [2.45, 2.75) is 25.1 Å². The lowest BCUT2D eigenvalue weighted by molar-refractivity contribution is -0.123. The number of amides is 1. The normalized spacial score (nSPS) is 23.1. The fourth-order valence-corrected chi connectivity index (χ4v) is 2.36. The molecule has 1 heterocycles. The SMILES string of the molecule is O=C(NCc1ccc(Cl)cc1Cl)[C@@H]1C[C@H](O)CN1. The van der Waals surface area contributed by atoms with Gasteiger partial charge in [-0.25, -0.2) is 0 Å². The summed E-state index contributed by atoms with van der Waals surface area (Å²) in [6, 6.07) is 4.82. The summed E-state index contributed by atoms with van der Waals surface area (Å²) in [6.07, 6.45) is 0.0000614. The van der Waals surface area contributed by atoms with Crippen molar-refractivity contribution in [2.75, 3.05) is 6.54 Å². The number of aliphatic hydroxyl groups is 1. The summed E-state index contributed by atoms with van der Waals surface area (Å²) in [6.45, 7) is 0.808. The minimum Gasteiger partial charge on any atom is -0.392 e. The van der Waals surface area contributed by atoms with Crippen molar-refractivity contribution in [2.24, 2.45) is 0 Å². The van der Waals surface area contributed by atoms with Gasteiger partial charge >= 0.3 is 0 Å². The molecule has 98 valence electrons. The summed E-state index contributed by atoms with van der Waals surface area (Å²) < 4.78 is 0. The number of hydrogen-bond donors (Lipinski definition) is 3. The molecule has 2 atom stereocenters. The van der Waals surface area contributed by atoms with Crippen LogP contribution in [0, 0.1) is 0 Å². The number of halogens is 2. The number of carbonyl (C=O) groups excluding carboxylic acids is 1. The van der Waals surface area contributed by atoms with Gasteiger partial charge < -0.3 is 15.7 Å². The highest BCUT2D eigenvalue weighted by atomic mass is 35.5. The van der Waals surface area contributed by atoms with Gasteiger partial charge in [0.05, 0.1) is 12.1 Å². The summed E-state index contributed by atoms with van der Waals surface area (Å²) in [5.74, 6) is -0.127. The van der Waals surface area contributed by atoms with Crippen LogP contribution in [-0.4, -0.2) is 29.7 Å². The first-order valence-electron chi connectivity index (χ1n) is 5.69. The molecule has 6 heteroatoms. The first-order chi connectivity index (χ1) is 8.56. The topological polar surface area (TPSA) is 61.4 Å². The minimum atomic E-state index is -0.445. The third kappa shape index (κ3) is 3.36. The van der Waals surface area contributed by atoms with Crippen LogP contribution in [0.15, 0.2) is 18.2 Å². The van der Waals surface area contributed by atoms with E-state index in [1.165, 1.54) is 0 Å². The molecule has 1 aromatic rings. The quantitative estimate of drug-likeness (QED) is 0.787. The van der Waals surface area contributed by atoms with E-state index in [0.717, 1.165) is 5.56 Å². The first-order valence-corrected chi connectivity index (χ1v) is 6.45. The molecule has 1 aromatic carbocycles. The number of aliphatic hydroxyl groups excluding tert-OH is 1. The minimum absolute atomic E-state index is 0.127. The van der Waals surface area contributed by atoms with Crippen LogP contribution in [0.1, 0.15) is 12.0 Å². The van der Waals surface area contributed by atoms with Gasteiger partial charge in [0.1, 0.15) is 0 Å². The molecule has 18 heavy (non-hydrogen) atoms. The number of benzene rings is 1. The molecule has 1 aliphatic rings. The summed E-state index contributed by atoms with van der Waals surface area (Å²) in [5.41, 5.74) is 0.813. The highest BCUT2D eigenvalue weighted by Crippen LogP contribution is 2.20. The van der Waals surface area contributed by atoms with Crippen LogP contribution in [0.3, 0.4) is 0 Å². The zero-order chi connectivity index (χ0) is 13.1. The van der Waals surface area contributed by atoms with E-state index in [-0.39, 0.29) is 11.9 Å². The predicted octanol–water partition coefficient (Wildman–Crippen LogP) is 1.33. The van der Waals surface area contributed by atoms with E-state index in [1.807, 2.05) is 0 Å². The molecule has 0 radical (unpaired) electrons. The number of nitrogens with one attached hydrogen (secondary N) is 2. The Hall–Kier alpha value is -0.810. The van der Waals surface area contributed by atoms with Gasteiger partial charge in [0.25, 0.3) is 0 Å². The second-order valence-corrected chi connectivity index (χ2v) is 5.15. The van der Waals surface area contributed by atoms with E-state index in [1.54, 1.807) is 18.2 Å². The van der Waals surface area contributed by atoms with E-state index < -0.39 is 6.10 Å². The largest absolute Gasteiger partial charge is 0.392 e. The Morgan fingerprint density at radius 2 is 2.28 bits per heavy atom. The van der Waals surface area contributed by atoms with Crippen LogP contribution in [0.5, 0.6) is 0 Å². The van der Waals surface area contributed by atoms with Crippen molar-refractivity contribution in [3.63, 3.8) is 0 Å². The molecule has 1 saturated heterocycles. The Morgan fingerprint density at radius 3 is 2.89 bits per heavy atom. The molecule has 0 unspecified atom stereocenters. The Morgan fingerprint density at radius 1 is 1.50 bits per heavy atom. The van der Waals surface area contributed by atoms with E-state index >= 15 is 0 Å². The van der Waals surface area contributed by atoms with Crippen LogP contribution in [0.4, 0.5) is 0 Å². The Labute approximate surface area is 115 Å². The number of hydrogen-bond acceptors (Lipinski definition) is 3. The second kappa shape index (κ2) is 5.89. The molecule has 0 aromatic heterocycles.